The molecule has 98 valence electrons. The van der Waals surface area contributed by atoms with Gasteiger partial charge in [0.2, 0.25) is 0 Å². The lowest BCUT2D eigenvalue weighted by Gasteiger charge is -2.03. The summed E-state index contributed by atoms with van der Waals surface area (Å²) >= 11 is 5.76. The SMILES string of the molecule is Cc1ccc(/C=N\Nc2ccc(Cl)c(C(=O)O)c2)o1. The highest BCUT2D eigenvalue weighted by molar-refractivity contribution is 6.33. The maximum atomic E-state index is 10.9. The summed E-state index contributed by atoms with van der Waals surface area (Å²) in [5, 5.41) is 13.1. The fraction of sp³-hybridized carbons (Fsp3) is 0.0769. The number of hydrogen-bond acceptors (Lipinski definition) is 4. The molecule has 0 radical (unpaired) electrons. The number of benzene rings is 1. The van der Waals surface area contributed by atoms with Gasteiger partial charge in [-0.15, -0.1) is 0 Å². The average Bonchev–Trinajstić information content (AvgIpc) is 2.77. The predicted octanol–water partition coefficient (Wildman–Crippen LogP) is 3.39. The predicted molar refractivity (Wildman–Crippen MR) is 73.1 cm³/mol. The second-order valence-corrected chi connectivity index (χ2v) is 4.23. The lowest BCUT2D eigenvalue weighted by Crippen LogP contribution is -1.99. The highest BCUT2D eigenvalue weighted by Gasteiger charge is 2.08. The van der Waals surface area contributed by atoms with Gasteiger partial charge in [-0.05, 0) is 37.3 Å². The zero-order chi connectivity index (χ0) is 13.8. The molecule has 0 fully saturated rings. The summed E-state index contributed by atoms with van der Waals surface area (Å²) < 4.78 is 5.30. The molecular weight excluding hydrogens is 268 g/mol. The van der Waals surface area contributed by atoms with Crippen LogP contribution < -0.4 is 5.43 Å². The van der Waals surface area contributed by atoms with E-state index < -0.39 is 5.97 Å². The van der Waals surface area contributed by atoms with Crippen LogP contribution in [0.5, 0.6) is 0 Å². The second kappa shape index (κ2) is 5.58. The van der Waals surface area contributed by atoms with E-state index in [1.807, 2.05) is 13.0 Å². The van der Waals surface area contributed by atoms with Gasteiger partial charge in [0, 0.05) is 0 Å². The molecule has 1 aromatic carbocycles. The normalized spacial score (nSPS) is 10.8. The molecule has 2 N–H and O–H groups in total. The van der Waals surface area contributed by atoms with Crippen molar-refractivity contribution < 1.29 is 14.3 Å². The number of carboxylic acids is 1. The van der Waals surface area contributed by atoms with Crippen LogP contribution >= 0.6 is 11.6 Å². The average molecular weight is 279 g/mol. The molecule has 1 heterocycles. The molecule has 0 bridgehead atoms. The highest BCUT2D eigenvalue weighted by atomic mass is 35.5. The van der Waals surface area contributed by atoms with Gasteiger partial charge in [0.25, 0.3) is 0 Å². The quantitative estimate of drug-likeness (QED) is 0.664. The van der Waals surface area contributed by atoms with Crippen LogP contribution in [-0.2, 0) is 0 Å². The Morgan fingerprint density at radius 3 is 2.84 bits per heavy atom. The zero-order valence-corrected chi connectivity index (χ0v) is 10.8. The number of carboxylic acid groups (broad SMARTS) is 1. The second-order valence-electron chi connectivity index (χ2n) is 3.82. The number of rotatable bonds is 4. The Balaban J connectivity index is 2.09. The molecule has 6 heteroatoms. The first-order valence-electron chi connectivity index (χ1n) is 5.44. The van der Waals surface area contributed by atoms with Gasteiger partial charge in [-0.1, -0.05) is 11.6 Å². The molecule has 0 unspecified atom stereocenters. The Morgan fingerprint density at radius 1 is 1.42 bits per heavy atom. The maximum Gasteiger partial charge on any atom is 0.337 e. The molecule has 0 saturated heterocycles. The molecule has 19 heavy (non-hydrogen) atoms. The molecule has 2 rings (SSSR count). The number of carbonyl (C=O) groups is 1. The number of hydrazone groups is 1. The van der Waals surface area contributed by atoms with Crippen molar-refractivity contribution in [2.45, 2.75) is 6.92 Å². The molecule has 0 atom stereocenters. The van der Waals surface area contributed by atoms with Crippen molar-refractivity contribution in [2.75, 3.05) is 5.43 Å². The van der Waals surface area contributed by atoms with Crippen LogP contribution in [0.2, 0.25) is 5.02 Å². The van der Waals surface area contributed by atoms with Gasteiger partial charge in [-0.3, -0.25) is 5.43 Å². The third-order valence-electron chi connectivity index (χ3n) is 2.34. The number of aryl methyl sites for hydroxylation is 1. The number of furan rings is 1. The molecular formula is C13H11ClN2O3. The molecule has 1 aromatic heterocycles. The summed E-state index contributed by atoms with van der Waals surface area (Å²) in [6.07, 6.45) is 1.50. The van der Waals surface area contributed by atoms with Gasteiger partial charge in [-0.25, -0.2) is 4.79 Å². The van der Waals surface area contributed by atoms with Crippen molar-refractivity contribution in [3.8, 4) is 0 Å². The van der Waals surface area contributed by atoms with Gasteiger partial charge in [0.1, 0.15) is 11.5 Å². The van der Waals surface area contributed by atoms with Gasteiger partial charge >= 0.3 is 5.97 Å². The van der Waals surface area contributed by atoms with Crippen molar-refractivity contribution in [1.29, 1.82) is 0 Å². The van der Waals surface area contributed by atoms with Gasteiger partial charge < -0.3 is 9.52 Å². The summed E-state index contributed by atoms with van der Waals surface area (Å²) in [6.45, 7) is 1.84. The van der Waals surface area contributed by atoms with Crippen molar-refractivity contribution in [3.05, 3.63) is 52.4 Å². The number of hydrogen-bond donors (Lipinski definition) is 2. The standard InChI is InChI=1S/C13H11ClN2O3/c1-8-2-4-10(19-8)7-15-16-9-3-5-12(14)11(6-9)13(17)18/h2-7,16H,1H3,(H,17,18)/b15-7-. The van der Waals surface area contributed by atoms with Gasteiger partial charge in [0.05, 0.1) is 22.5 Å². The molecule has 0 amide bonds. The molecule has 0 spiro atoms. The summed E-state index contributed by atoms with van der Waals surface area (Å²) in [4.78, 5) is 10.9. The Morgan fingerprint density at radius 2 is 2.21 bits per heavy atom. The van der Waals surface area contributed by atoms with E-state index in [4.69, 9.17) is 21.1 Å². The zero-order valence-electron chi connectivity index (χ0n) is 10.1. The minimum atomic E-state index is -1.08. The minimum Gasteiger partial charge on any atom is -0.478 e. The summed E-state index contributed by atoms with van der Waals surface area (Å²) in [6, 6.07) is 8.16. The fourth-order valence-corrected chi connectivity index (χ4v) is 1.65. The molecule has 0 aliphatic rings. The molecule has 2 aromatic rings. The first-order valence-corrected chi connectivity index (χ1v) is 5.82. The molecule has 0 saturated carbocycles. The topological polar surface area (TPSA) is 74.8 Å². The van der Waals surface area contributed by atoms with E-state index in [0.717, 1.165) is 5.76 Å². The maximum absolute atomic E-state index is 10.9. The fourth-order valence-electron chi connectivity index (χ4n) is 1.45. The van der Waals surface area contributed by atoms with E-state index in [1.165, 1.54) is 18.3 Å². The van der Waals surface area contributed by atoms with Crippen LogP contribution in [0.25, 0.3) is 0 Å². The minimum absolute atomic E-state index is 0.0238. The van der Waals surface area contributed by atoms with Gasteiger partial charge in [-0.2, -0.15) is 5.10 Å². The number of nitrogens with one attached hydrogen (secondary N) is 1. The Hall–Kier alpha value is -2.27. The van der Waals surface area contributed by atoms with Crippen LogP contribution in [-0.4, -0.2) is 17.3 Å². The number of aromatic carboxylic acids is 1. The molecule has 0 aliphatic carbocycles. The monoisotopic (exact) mass is 278 g/mol. The third kappa shape index (κ3) is 3.35. The van der Waals surface area contributed by atoms with Crippen LogP contribution in [0.15, 0.2) is 39.9 Å². The summed E-state index contributed by atoms with van der Waals surface area (Å²) in [5.41, 5.74) is 3.27. The van der Waals surface area contributed by atoms with Crippen LogP contribution in [0.3, 0.4) is 0 Å². The summed E-state index contributed by atoms with van der Waals surface area (Å²) in [5.74, 6) is 0.317. The largest absolute Gasteiger partial charge is 0.478 e. The van der Waals surface area contributed by atoms with E-state index in [-0.39, 0.29) is 10.6 Å². The van der Waals surface area contributed by atoms with Crippen molar-refractivity contribution >= 4 is 29.5 Å². The highest BCUT2D eigenvalue weighted by Crippen LogP contribution is 2.20. The molecule has 5 nitrogen and oxygen atoms in total. The van der Waals surface area contributed by atoms with E-state index in [0.29, 0.717) is 11.4 Å². The third-order valence-corrected chi connectivity index (χ3v) is 2.67. The Bertz CT molecular complexity index is 635. The first-order chi connectivity index (χ1) is 9.06. The Labute approximate surface area is 114 Å². The van der Waals surface area contributed by atoms with Crippen molar-refractivity contribution in [1.82, 2.24) is 0 Å². The van der Waals surface area contributed by atoms with Crippen LogP contribution in [0.4, 0.5) is 5.69 Å². The smallest absolute Gasteiger partial charge is 0.337 e. The van der Waals surface area contributed by atoms with E-state index >= 15 is 0 Å². The van der Waals surface area contributed by atoms with E-state index in [2.05, 4.69) is 10.5 Å². The van der Waals surface area contributed by atoms with Crippen molar-refractivity contribution in [2.24, 2.45) is 5.10 Å². The first kappa shape index (κ1) is 13.2. The lowest BCUT2D eigenvalue weighted by atomic mass is 10.2. The number of anilines is 1. The van der Waals surface area contributed by atoms with Crippen LogP contribution in [0, 0.1) is 6.92 Å². The van der Waals surface area contributed by atoms with E-state index in [1.54, 1.807) is 12.1 Å². The number of halogens is 1. The Kier molecular flexibility index (Phi) is 3.87. The van der Waals surface area contributed by atoms with Crippen LogP contribution in [0.1, 0.15) is 21.9 Å². The van der Waals surface area contributed by atoms with Crippen molar-refractivity contribution in [3.63, 3.8) is 0 Å². The number of nitrogens with zero attached hydrogens (tertiary/aromatic N) is 1. The lowest BCUT2D eigenvalue weighted by molar-refractivity contribution is 0.0697. The van der Waals surface area contributed by atoms with Gasteiger partial charge in [0.15, 0.2) is 0 Å². The molecule has 0 aliphatic heterocycles. The summed E-state index contributed by atoms with van der Waals surface area (Å²) in [7, 11) is 0. The van der Waals surface area contributed by atoms with E-state index in [9.17, 15) is 4.79 Å².